The number of carbonyl (C=O) groups excluding carboxylic acids is 1. The third kappa shape index (κ3) is 4.85. The van der Waals surface area contributed by atoms with Gasteiger partial charge < -0.3 is 9.32 Å². The maximum atomic E-state index is 13.3. The van der Waals surface area contributed by atoms with E-state index in [4.69, 9.17) is 9.40 Å². The molecule has 1 amide bonds. The largest absolute Gasteiger partial charge is 0.456 e. The third-order valence-electron chi connectivity index (χ3n) is 8.15. The Morgan fingerprint density at radius 1 is 1.05 bits per heavy atom. The van der Waals surface area contributed by atoms with E-state index in [1.54, 1.807) is 11.3 Å². The number of aromatic nitrogens is 1. The van der Waals surface area contributed by atoms with Crippen LogP contribution in [0.1, 0.15) is 97.3 Å². The average molecular weight is 531 g/mol. The Kier molecular flexibility index (Phi) is 6.33. The number of piperidine rings is 1. The Labute approximate surface area is 219 Å². The molecule has 198 valence electrons. The highest BCUT2D eigenvalue weighted by Gasteiger charge is 2.41. The Bertz CT molecular complexity index is 1330. The van der Waals surface area contributed by atoms with Gasteiger partial charge in [0.15, 0.2) is 0 Å². The Hall–Kier alpha value is -2.61. The van der Waals surface area contributed by atoms with E-state index in [1.807, 2.05) is 0 Å². The van der Waals surface area contributed by atoms with Crippen LogP contribution in [-0.2, 0) is 17.0 Å². The van der Waals surface area contributed by atoms with E-state index in [2.05, 4.69) is 51.3 Å². The number of hydrogen-bond acceptors (Lipinski definition) is 4. The first-order chi connectivity index (χ1) is 17.3. The quantitative estimate of drug-likeness (QED) is 0.344. The van der Waals surface area contributed by atoms with Gasteiger partial charge in [-0.1, -0.05) is 39.8 Å². The minimum Gasteiger partial charge on any atom is -0.456 e. The molecule has 1 aromatic carbocycles. The van der Waals surface area contributed by atoms with Crippen LogP contribution in [0.5, 0.6) is 0 Å². The van der Waals surface area contributed by atoms with Gasteiger partial charge in [0, 0.05) is 30.0 Å². The minimum absolute atomic E-state index is 0.0787. The number of alkyl halides is 3. The predicted octanol–water partition coefficient (Wildman–Crippen LogP) is 8.10. The molecule has 5 rings (SSSR count). The zero-order valence-corrected chi connectivity index (χ0v) is 22.8. The lowest BCUT2D eigenvalue weighted by atomic mass is 9.63. The summed E-state index contributed by atoms with van der Waals surface area (Å²) in [5, 5.41) is 3.12. The van der Waals surface area contributed by atoms with E-state index in [9.17, 15) is 18.0 Å². The molecule has 1 saturated heterocycles. The Balaban J connectivity index is 1.30. The van der Waals surface area contributed by atoms with Crippen LogP contribution in [0, 0.1) is 6.92 Å². The fourth-order valence-electron chi connectivity index (χ4n) is 5.74. The second kappa shape index (κ2) is 9.00. The Morgan fingerprint density at radius 3 is 2.35 bits per heavy atom. The van der Waals surface area contributed by atoms with E-state index in [-0.39, 0.29) is 22.5 Å². The number of thiazole rings is 1. The van der Waals surface area contributed by atoms with Crippen molar-refractivity contribution in [3.8, 4) is 11.3 Å². The first kappa shape index (κ1) is 26.0. The molecule has 0 N–H and O–H groups in total. The number of carbonyl (C=O) groups is 1. The molecule has 1 aliphatic carbocycles. The molecule has 0 saturated carbocycles. The number of hydrogen-bond donors (Lipinski definition) is 0. The number of halogens is 3. The van der Waals surface area contributed by atoms with E-state index in [0.29, 0.717) is 25.9 Å². The minimum atomic E-state index is -4.70. The highest BCUT2D eigenvalue weighted by Crippen LogP contribution is 2.47. The van der Waals surface area contributed by atoms with E-state index < -0.39 is 23.4 Å². The molecule has 0 atom stereocenters. The van der Waals surface area contributed by atoms with Gasteiger partial charge in [-0.3, -0.25) is 4.79 Å². The lowest BCUT2D eigenvalue weighted by Crippen LogP contribution is -2.38. The summed E-state index contributed by atoms with van der Waals surface area (Å²) in [4.78, 5) is 19.3. The summed E-state index contributed by atoms with van der Waals surface area (Å²) >= 11 is 1.62. The number of benzene rings is 1. The number of amides is 1. The maximum Gasteiger partial charge on any atom is 0.450 e. The first-order valence-corrected chi connectivity index (χ1v) is 13.7. The fourth-order valence-corrected chi connectivity index (χ4v) is 6.74. The van der Waals surface area contributed by atoms with Gasteiger partial charge in [0.1, 0.15) is 5.76 Å². The maximum absolute atomic E-state index is 13.3. The summed E-state index contributed by atoms with van der Waals surface area (Å²) in [5.74, 6) is -1.57. The van der Waals surface area contributed by atoms with Crippen molar-refractivity contribution >= 4 is 17.2 Å². The van der Waals surface area contributed by atoms with E-state index >= 15 is 0 Å². The number of likely N-dealkylation sites (tertiary alicyclic amines) is 1. The van der Waals surface area contributed by atoms with Crippen molar-refractivity contribution < 1.29 is 22.4 Å². The molecule has 4 nitrogen and oxygen atoms in total. The third-order valence-corrected chi connectivity index (χ3v) is 9.15. The van der Waals surface area contributed by atoms with Gasteiger partial charge in [0.2, 0.25) is 5.76 Å². The van der Waals surface area contributed by atoms with Crippen LogP contribution in [-0.4, -0.2) is 28.9 Å². The number of fused-ring (bicyclic) bond motifs is 1. The highest BCUT2D eigenvalue weighted by atomic mass is 32.1. The molecule has 37 heavy (non-hydrogen) atoms. The molecule has 8 heteroatoms. The average Bonchev–Trinajstić information content (AvgIpc) is 3.49. The van der Waals surface area contributed by atoms with Gasteiger partial charge in [0.05, 0.1) is 16.3 Å². The van der Waals surface area contributed by atoms with Crippen LogP contribution in [0.4, 0.5) is 13.2 Å². The Morgan fingerprint density at radius 2 is 1.70 bits per heavy atom. The van der Waals surface area contributed by atoms with Crippen molar-refractivity contribution in [1.82, 2.24) is 9.88 Å². The predicted molar refractivity (Wildman–Crippen MR) is 139 cm³/mol. The topological polar surface area (TPSA) is 46.3 Å². The fraction of sp³-hybridized carbons (Fsp3) is 0.517. The van der Waals surface area contributed by atoms with Crippen molar-refractivity contribution in [1.29, 1.82) is 0 Å². The summed E-state index contributed by atoms with van der Waals surface area (Å²) in [6.07, 6.45) is -1.04. The van der Waals surface area contributed by atoms with Crippen molar-refractivity contribution in [3.05, 3.63) is 62.9 Å². The molecule has 1 fully saturated rings. The second-order valence-electron chi connectivity index (χ2n) is 11.8. The molecule has 0 unspecified atom stereocenters. The molecule has 2 aromatic heterocycles. The number of nitrogens with zero attached hydrogens (tertiary/aromatic N) is 2. The van der Waals surface area contributed by atoms with Crippen molar-refractivity contribution in [2.45, 2.75) is 83.2 Å². The molecule has 1 aliphatic heterocycles. The van der Waals surface area contributed by atoms with Crippen molar-refractivity contribution in [2.75, 3.05) is 13.1 Å². The van der Waals surface area contributed by atoms with Crippen LogP contribution < -0.4 is 0 Å². The van der Waals surface area contributed by atoms with Gasteiger partial charge in [-0.25, -0.2) is 4.98 Å². The summed E-state index contributed by atoms with van der Waals surface area (Å²) in [5.41, 5.74) is 4.78. The molecule has 0 radical (unpaired) electrons. The molecule has 3 aromatic rings. The molecule has 0 bridgehead atoms. The van der Waals surface area contributed by atoms with Crippen LogP contribution in [0.3, 0.4) is 0 Å². The van der Waals surface area contributed by atoms with Gasteiger partial charge >= 0.3 is 6.18 Å². The monoisotopic (exact) mass is 530 g/mol. The summed E-state index contributed by atoms with van der Waals surface area (Å²) in [6.45, 7) is 11.5. The normalized spacial score (nSPS) is 19.6. The summed E-state index contributed by atoms with van der Waals surface area (Å²) in [7, 11) is 0. The van der Waals surface area contributed by atoms with Gasteiger partial charge in [-0.2, -0.15) is 13.2 Å². The second-order valence-corrected chi connectivity index (χ2v) is 12.7. The molecular formula is C29H33F3N2O2S. The number of furan rings is 1. The summed E-state index contributed by atoms with van der Waals surface area (Å²) < 4.78 is 44.8. The van der Waals surface area contributed by atoms with Crippen molar-refractivity contribution in [3.63, 3.8) is 0 Å². The molecule has 0 spiro atoms. The van der Waals surface area contributed by atoms with Crippen LogP contribution >= 0.6 is 11.3 Å². The van der Waals surface area contributed by atoms with Crippen LogP contribution in [0.15, 0.2) is 34.1 Å². The SMILES string of the molecule is Cc1cc(C(=O)N2CCC(c3nc(-c4ccc5c(c4)C(C)(C)CCC5(C)C)cs3)CC2)c(C(F)(F)F)o1. The zero-order valence-electron chi connectivity index (χ0n) is 22.0. The van der Waals surface area contributed by atoms with Crippen molar-refractivity contribution in [2.24, 2.45) is 0 Å². The van der Waals surface area contributed by atoms with E-state index in [1.165, 1.54) is 35.4 Å². The highest BCUT2D eigenvalue weighted by molar-refractivity contribution is 7.10. The van der Waals surface area contributed by atoms with Gasteiger partial charge in [0.25, 0.3) is 5.91 Å². The molecule has 3 heterocycles. The van der Waals surface area contributed by atoms with Gasteiger partial charge in [-0.15, -0.1) is 11.3 Å². The number of rotatable bonds is 3. The van der Waals surface area contributed by atoms with Crippen LogP contribution in [0.2, 0.25) is 0 Å². The zero-order chi connectivity index (χ0) is 26.8. The molecular weight excluding hydrogens is 497 g/mol. The lowest BCUT2D eigenvalue weighted by molar-refractivity contribution is -0.153. The smallest absolute Gasteiger partial charge is 0.450 e. The van der Waals surface area contributed by atoms with Crippen LogP contribution in [0.25, 0.3) is 11.3 Å². The first-order valence-electron chi connectivity index (χ1n) is 12.8. The van der Waals surface area contributed by atoms with E-state index in [0.717, 1.165) is 22.7 Å². The van der Waals surface area contributed by atoms with Gasteiger partial charge in [-0.05, 0) is 66.7 Å². The number of aryl methyl sites for hydroxylation is 1. The standard InChI is InChI=1S/C29H33F3N2O2S/c1-17-14-20(24(36-17)29(30,31)32)26(35)34-12-8-18(9-13-34)25-33-23(16-37-25)19-6-7-21-22(15-19)28(4,5)11-10-27(21,2)3/h6-7,14-16,18H,8-13H2,1-5H3. The lowest BCUT2D eigenvalue weighted by Gasteiger charge is -2.42. The summed E-state index contributed by atoms with van der Waals surface area (Å²) in [6, 6.07) is 7.93. The molecule has 2 aliphatic rings.